The standard InChI is InChI=1S/C20H23N3O6S/c1-14-5-8-17(9-6-14)30(27,28)22-11-3-4-15(13-22)20(24)21-18-12-16(23(25)26)7-10-19(18)29-2/h5-10,12,15H,3-4,11,13H2,1-2H3,(H,21,24)/t15-/m1/s1. The molecule has 1 N–H and O–H groups in total. The molecular formula is C20H23N3O6S. The first-order valence-electron chi connectivity index (χ1n) is 9.42. The molecule has 0 saturated carbocycles. The normalized spacial score (nSPS) is 17.3. The number of rotatable bonds is 6. The van der Waals surface area contributed by atoms with Gasteiger partial charge in [-0.25, -0.2) is 8.42 Å². The highest BCUT2D eigenvalue weighted by Gasteiger charge is 2.33. The summed E-state index contributed by atoms with van der Waals surface area (Å²) in [6, 6.07) is 10.5. The molecule has 2 aromatic carbocycles. The van der Waals surface area contributed by atoms with Crippen molar-refractivity contribution in [2.45, 2.75) is 24.7 Å². The van der Waals surface area contributed by atoms with Gasteiger partial charge in [-0.1, -0.05) is 17.7 Å². The van der Waals surface area contributed by atoms with Gasteiger partial charge in [-0.05, 0) is 38.0 Å². The van der Waals surface area contributed by atoms with Gasteiger partial charge in [0.05, 0.1) is 28.5 Å². The third-order valence-electron chi connectivity index (χ3n) is 5.07. The Hall–Kier alpha value is -2.98. The molecule has 0 aliphatic carbocycles. The molecule has 1 atom stereocenters. The van der Waals surface area contributed by atoms with Crippen molar-refractivity contribution in [3.05, 3.63) is 58.1 Å². The predicted octanol–water partition coefficient (Wildman–Crippen LogP) is 2.95. The summed E-state index contributed by atoms with van der Waals surface area (Å²) in [4.78, 5) is 23.5. The zero-order chi connectivity index (χ0) is 21.9. The van der Waals surface area contributed by atoms with Gasteiger partial charge in [0.25, 0.3) is 5.69 Å². The number of hydrogen-bond acceptors (Lipinski definition) is 6. The summed E-state index contributed by atoms with van der Waals surface area (Å²) in [6.07, 6.45) is 1.05. The van der Waals surface area contributed by atoms with E-state index in [0.29, 0.717) is 19.4 Å². The van der Waals surface area contributed by atoms with Gasteiger partial charge >= 0.3 is 0 Å². The smallest absolute Gasteiger partial charge is 0.271 e. The average molecular weight is 433 g/mol. The number of hydrogen-bond donors (Lipinski definition) is 1. The van der Waals surface area contributed by atoms with Crippen LogP contribution in [0.1, 0.15) is 18.4 Å². The molecule has 9 nitrogen and oxygen atoms in total. The van der Waals surface area contributed by atoms with Gasteiger partial charge in [0.2, 0.25) is 15.9 Å². The summed E-state index contributed by atoms with van der Waals surface area (Å²) >= 11 is 0. The summed E-state index contributed by atoms with van der Waals surface area (Å²) in [5.41, 5.74) is 0.948. The maximum Gasteiger partial charge on any atom is 0.271 e. The van der Waals surface area contributed by atoms with E-state index >= 15 is 0 Å². The Kier molecular flexibility index (Phi) is 6.37. The zero-order valence-electron chi connectivity index (χ0n) is 16.7. The molecular weight excluding hydrogens is 410 g/mol. The number of piperidine rings is 1. The number of benzene rings is 2. The molecule has 160 valence electrons. The highest BCUT2D eigenvalue weighted by Crippen LogP contribution is 2.31. The molecule has 2 aromatic rings. The van der Waals surface area contributed by atoms with E-state index in [1.54, 1.807) is 24.3 Å². The lowest BCUT2D eigenvalue weighted by molar-refractivity contribution is -0.384. The van der Waals surface area contributed by atoms with E-state index in [-0.39, 0.29) is 28.6 Å². The molecule has 0 aromatic heterocycles. The van der Waals surface area contributed by atoms with E-state index in [9.17, 15) is 23.3 Å². The Balaban J connectivity index is 1.77. The van der Waals surface area contributed by atoms with Crippen molar-refractivity contribution in [1.29, 1.82) is 0 Å². The number of methoxy groups -OCH3 is 1. The second-order valence-electron chi connectivity index (χ2n) is 7.15. The number of aryl methyl sites for hydroxylation is 1. The zero-order valence-corrected chi connectivity index (χ0v) is 17.5. The van der Waals surface area contributed by atoms with Crippen molar-refractivity contribution in [3.63, 3.8) is 0 Å². The van der Waals surface area contributed by atoms with Crippen LogP contribution in [0.25, 0.3) is 0 Å². The summed E-state index contributed by atoms with van der Waals surface area (Å²) < 4.78 is 32.4. The molecule has 1 amide bonds. The van der Waals surface area contributed by atoms with Gasteiger partial charge in [-0.2, -0.15) is 4.31 Å². The van der Waals surface area contributed by atoms with Crippen LogP contribution in [0.3, 0.4) is 0 Å². The number of nitrogens with one attached hydrogen (secondary N) is 1. The van der Waals surface area contributed by atoms with E-state index in [1.807, 2.05) is 6.92 Å². The second kappa shape index (κ2) is 8.80. The number of nitro benzene ring substituents is 1. The fourth-order valence-corrected chi connectivity index (χ4v) is 4.90. The van der Waals surface area contributed by atoms with Crippen LogP contribution in [0.4, 0.5) is 11.4 Å². The number of carbonyl (C=O) groups is 1. The van der Waals surface area contributed by atoms with Gasteiger partial charge in [-0.3, -0.25) is 14.9 Å². The van der Waals surface area contributed by atoms with Crippen molar-refractivity contribution in [3.8, 4) is 5.75 Å². The van der Waals surface area contributed by atoms with Crippen molar-refractivity contribution in [2.75, 3.05) is 25.5 Å². The molecule has 1 heterocycles. The first kappa shape index (κ1) is 21.7. The van der Waals surface area contributed by atoms with E-state index in [4.69, 9.17) is 4.74 Å². The molecule has 0 spiro atoms. The van der Waals surface area contributed by atoms with Crippen molar-refractivity contribution in [1.82, 2.24) is 4.31 Å². The van der Waals surface area contributed by atoms with E-state index in [1.165, 1.54) is 29.6 Å². The highest BCUT2D eigenvalue weighted by molar-refractivity contribution is 7.89. The van der Waals surface area contributed by atoms with Crippen LogP contribution in [0.2, 0.25) is 0 Å². The van der Waals surface area contributed by atoms with Gasteiger partial charge < -0.3 is 10.1 Å². The van der Waals surface area contributed by atoms with Crippen LogP contribution in [0.15, 0.2) is 47.4 Å². The summed E-state index contributed by atoms with van der Waals surface area (Å²) in [5, 5.41) is 13.7. The Morgan fingerprint density at radius 1 is 1.23 bits per heavy atom. The molecule has 1 saturated heterocycles. The Labute approximate surface area is 174 Å². The number of amides is 1. The summed E-state index contributed by atoms with van der Waals surface area (Å²) in [7, 11) is -2.31. The third-order valence-corrected chi connectivity index (χ3v) is 6.94. The van der Waals surface area contributed by atoms with Gasteiger partial charge in [0.15, 0.2) is 0 Å². The molecule has 1 fully saturated rings. The lowest BCUT2D eigenvalue weighted by Gasteiger charge is -2.31. The fourth-order valence-electron chi connectivity index (χ4n) is 3.38. The van der Waals surface area contributed by atoms with E-state index in [2.05, 4.69) is 5.32 Å². The van der Waals surface area contributed by atoms with Crippen LogP contribution < -0.4 is 10.1 Å². The largest absolute Gasteiger partial charge is 0.495 e. The Morgan fingerprint density at radius 3 is 2.57 bits per heavy atom. The second-order valence-corrected chi connectivity index (χ2v) is 9.08. The third kappa shape index (κ3) is 4.60. The quantitative estimate of drug-likeness (QED) is 0.553. The summed E-state index contributed by atoms with van der Waals surface area (Å²) in [5.74, 6) is -0.700. The lowest BCUT2D eigenvalue weighted by atomic mass is 9.98. The monoisotopic (exact) mass is 433 g/mol. The van der Waals surface area contributed by atoms with Crippen molar-refractivity contribution in [2.24, 2.45) is 5.92 Å². The van der Waals surface area contributed by atoms with E-state index < -0.39 is 26.8 Å². The maximum absolute atomic E-state index is 12.9. The minimum atomic E-state index is -3.71. The van der Waals surface area contributed by atoms with Crippen LogP contribution in [-0.2, 0) is 14.8 Å². The van der Waals surface area contributed by atoms with Crippen molar-refractivity contribution >= 4 is 27.3 Å². The lowest BCUT2D eigenvalue weighted by Crippen LogP contribution is -2.43. The van der Waals surface area contributed by atoms with Crippen LogP contribution in [-0.4, -0.2) is 43.8 Å². The predicted molar refractivity (Wildman–Crippen MR) is 111 cm³/mol. The SMILES string of the molecule is COc1ccc([N+](=O)[O-])cc1NC(=O)[C@@H]1CCCN(S(=O)(=O)c2ccc(C)cc2)C1. The molecule has 10 heteroatoms. The molecule has 0 unspecified atom stereocenters. The Bertz CT molecular complexity index is 1050. The average Bonchev–Trinajstić information content (AvgIpc) is 2.74. The molecule has 0 bridgehead atoms. The summed E-state index contributed by atoms with van der Waals surface area (Å²) in [6.45, 7) is 2.25. The van der Waals surface area contributed by atoms with Crippen LogP contribution >= 0.6 is 0 Å². The molecule has 1 aliphatic rings. The number of nitro groups is 1. The molecule has 1 aliphatic heterocycles. The number of nitrogens with zero attached hydrogens (tertiary/aromatic N) is 2. The first-order chi connectivity index (χ1) is 14.2. The number of non-ortho nitro benzene ring substituents is 1. The minimum Gasteiger partial charge on any atom is -0.495 e. The molecule has 3 rings (SSSR count). The topological polar surface area (TPSA) is 119 Å². The fraction of sp³-hybridized carbons (Fsp3) is 0.350. The van der Waals surface area contributed by atoms with Gasteiger partial charge in [0.1, 0.15) is 5.75 Å². The number of carbonyl (C=O) groups excluding carboxylic acids is 1. The maximum atomic E-state index is 12.9. The van der Waals surface area contributed by atoms with Crippen LogP contribution in [0, 0.1) is 23.0 Å². The Morgan fingerprint density at radius 2 is 1.93 bits per heavy atom. The van der Waals surface area contributed by atoms with Crippen molar-refractivity contribution < 1.29 is 22.9 Å². The van der Waals surface area contributed by atoms with Gasteiger partial charge in [0, 0.05) is 25.2 Å². The molecule has 0 radical (unpaired) electrons. The van der Waals surface area contributed by atoms with Crippen LogP contribution in [0.5, 0.6) is 5.75 Å². The first-order valence-corrected chi connectivity index (χ1v) is 10.9. The van der Waals surface area contributed by atoms with Gasteiger partial charge in [-0.15, -0.1) is 0 Å². The minimum absolute atomic E-state index is 0.0410. The molecule has 30 heavy (non-hydrogen) atoms. The number of ether oxygens (including phenoxy) is 1. The number of sulfonamides is 1. The highest BCUT2D eigenvalue weighted by atomic mass is 32.2. The number of anilines is 1. The van der Waals surface area contributed by atoms with E-state index in [0.717, 1.165) is 5.56 Å².